The van der Waals surface area contributed by atoms with Crippen LogP contribution in [0.25, 0.3) is 0 Å². The Morgan fingerprint density at radius 1 is 1.53 bits per heavy atom. The van der Waals surface area contributed by atoms with Crippen LogP contribution in [-0.4, -0.2) is 45.8 Å². The number of rotatable bonds is 3. The summed E-state index contributed by atoms with van der Waals surface area (Å²) < 4.78 is 0.351. The van der Waals surface area contributed by atoms with Crippen molar-refractivity contribution in [2.45, 2.75) is 25.0 Å². The van der Waals surface area contributed by atoms with Crippen molar-refractivity contribution in [3.8, 4) is 0 Å². The fraction of sp³-hybridized carbons (Fsp3) is 0.615. The van der Waals surface area contributed by atoms with Crippen LogP contribution >= 0.6 is 11.8 Å². The Kier molecular flexibility index (Phi) is 3.94. The van der Waals surface area contributed by atoms with Crippen molar-refractivity contribution in [2.75, 3.05) is 25.4 Å². The number of H-pyrrole nitrogens is 1. The Labute approximate surface area is 107 Å². The van der Waals surface area contributed by atoms with Gasteiger partial charge in [-0.25, -0.2) is 0 Å². The molecule has 0 unspecified atom stereocenters. The molecule has 1 fully saturated rings. The summed E-state index contributed by atoms with van der Waals surface area (Å²) in [5.41, 5.74) is 0.723. The van der Waals surface area contributed by atoms with E-state index in [1.165, 1.54) is 0 Å². The van der Waals surface area contributed by atoms with Crippen molar-refractivity contribution in [3.63, 3.8) is 0 Å². The molecular formula is C13H20N2OS. The van der Waals surface area contributed by atoms with Gasteiger partial charge in [-0.15, -0.1) is 0 Å². The summed E-state index contributed by atoms with van der Waals surface area (Å²) >= 11 is 2.01. The summed E-state index contributed by atoms with van der Waals surface area (Å²) in [5, 5.41) is 0. The molecule has 0 aromatic carbocycles. The average Bonchev–Trinajstić information content (AvgIpc) is 2.73. The molecule has 1 aromatic rings. The minimum Gasteiger partial charge on any atom is -0.359 e. The van der Waals surface area contributed by atoms with Crippen molar-refractivity contribution in [1.82, 2.24) is 9.88 Å². The number of carbonyl (C=O) groups excluding carboxylic acids is 1. The maximum Gasteiger partial charge on any atom is 0.192 e. The van der Waals surface area contributed by atoms with Crippen LogP contribution in [-0.2, 0) is 0 Å². The summed E-state index contributed by atoms with van der Waals surface area (Å²) in [6.07, 6.45) is 2.95. The molecule has 0 bridgehead atoms. The van der Waals surface area contributed by atoms with Crippen molar-refractivity contribution < 1.29 is 4.79 Å². The molecule has 2 heterocycles. The highest BCUT2D eigenvalue weighted by molar-refractivity contribution is 8.00. The van der Waals surface area contributed by atoms with Gasteiger partial charge < -0.3 is 4.98 Å². The molecule has 3 nitrogen and oxygen atoms in total. The van der Waals surface area contributed by atoms with Gasteiger partial charge in [0.15, 0.2) is 5.78 Å². The standard InChI is InChI=1S/C13H20N2OS/c1-13(2)5-7-15(8-9-17-13)10-12(16)11-4-3-6-14-11/h3-4,6,14H,5,7-10H2,1-2H3. The van der Waals surface area contributed by atoms with Gasteiger partial charge in [0.2, 0.25) is 0 Å². The molecule has 1 saturated heterocycles. The summed E-state index contributed by atoms with van der Waals surface area (Å²) in [6, 6.07) is 3.72. The van der Waals surface area contributed by atoms with Crippen LogP contribution in [0.15, 0.2) is 18.3 Å². The maximum atomic E-state index is 12.0. The number of carbonyl (C=O) groups is 1. The summed E-state index contributed by atoms with van der Waals surface area (Å²) in [6.45, 7) is 7.14. The molecule has 17 heavy (non-hydrogen) atoms. The Hall–Kier alpha value is -0.740. The molecule has 94 valence electrons. The highest BCUT2D eigenvalue weighted by Gasteiger charge is 2.24. The third-order valence-corrected chi connectivity index (χ3v) is 4.57. The Balaban J connectivity index is 1.89. The van der Waals surface area contributed by atoms with Gasteiger partial charge in [0.05, 0.1) is 12.2 Å². The third kappa shape index (κ3) is 3.61. The molecule has 0 atom stereocenters. The van der Waals surface area contributed by atoms with E-state index in [9.17, 15) is 4.79 Å². The molecule has 1 aromatic heterocycles. The molecule has 0 spiro atoms. The highest BCUT2D eigenvalue weighted by atomic mass is 32.2. The van der Waals surface area contributed by atoms with E-state index in [1.54, 1.807) is 6.20 Å². The quantitative estimate of drug-likeness (QED) is 0.839. The number of hydrogen-bond donors (Lipinski definition) is 1. The molecule has 0 radical (unpaired) electrons. The number of hydrogen-bond acceptors (Lipinski definition) is 3. The van der Waals surface area contributed by atoms with Crippen molar-refractivity contribution in [2.24, 2.45) is 0 Å². The third-order valence-electron chi connectivity index (χ3n) is 3.20. The first-order valence-electron chi connectivity index (χ1n) is 6.10. The number of ketones is 1. The van der Waals surface area contributed by atoms with Gasteiger partial charge in [-0.2, -0.15) is 11.8 Å². The first-order valence-corrected chi connectivity index (χ1v) is 7.08. The lowest BCUT2D eigenvalue weighted by molar-refractivity contribution is 0.0929. The number of Topliss-reactive ketones (excluding diaryl/α,β-unsaturated/α-hetero) is 1. The predicted molar refractivity (Wildman–Crippen MR) is 72.7 cm³/mol. The smallest absolute Gasteiger partial charge is 0.192 e. The largest absolute Gasteiger partial charge is 0.359 e. The number of nitrogens with one attached hydrogen (secondary N) is 1. The second-order valence-corrected chi connectivity index (χ2v) is 6.94. The van der Waals surface area contributed by atoms with E-state index in [4.69, 9.17) is 0 Å². The first-order chi connectivity index (χ1) is 8.07. The molecule has 4 heteroatoms. The maximum absolute atomic E-state index is 12.0. The van der Waals surface area contributed by atoms with Crippen LogP contribution in [0.5, 0.6) is 0 Å². The second-order valence-electron chi connectivity index (χ2n) is 5.14. The van der Waals surface area contributed by atoms with E-state index in [1.807, 2.05) is 23.9 Å². The van der Waals surface area contributed by atoms with Crippen LogP contribution in [0.3, 0.4) is 0 Å². The van der Waals surface area contributed by atoms with Crippen molar-refractivity contribution >= 4 is 17.5 Å². The highest BCUT2D eigenvalue weighted by Crippen LogP contribution is 2.30. The van der Waals surface area contributed by atoms with Gasteiger partial charge in [0.25, 0.3) is 0 Å². The average molecular weight is 252 g/mol. The van der Waals surface area contributed by atoms with Gasteiger partial charge >= 0.3 is 0 Å². The molecule has 1 aliphatic rings. The van der Waals surface area contributed by atoms with E-state index in [2.05, 4.69) is 23.7 Å². The predicted octanol–water partition coefficient (Wildman–Crippen LogP) is 2.41. The van der Waals surface area contributed by atoms with E-state index in [0.717, 1.165) is 31.0 Å². The Morgan fingerprint density at radius 3 is 3.06 bits per heavy atom. The first kappa shape index (κ1) is 12.7. The van der Waals surface area contributed by atoms with E-state index < -0.39 is 0 Å². The summed E-state index contributed by atoms with van der Waals surface area (Å²) in [5.74, 6) is 1.31. The second kappa shape index (κ2) is 5.27. The van der Waals surface area contributed by atoms with E-state index in [-0.39, 0.29) is 5.78 Å². The van der Waals surface area contributed by atoms with E-state index >= 15 is 0 Å². The van der Waals surface area contributed by atoms with Crippen LogP contribution in [0.1, 0.15) is 30.8 Å². The zero-order valence-corrected chi connectivity index (χ0v) is 11.3. The molecule has 0 aliphatic carbocycles. The molecular weight excluding hydrogens is 232 g/mol. The van der Waals surface area contributed by atoms with Crippen LogP contribution in [0.4, 0.5) is 0 Å². The van der Waals surface area contributed by atoms with Crippen molar-refractivity contribution in [1.29, 1.82) is 0 Å². The lowest BCUT2D eigenvalue weighted by Crippen LogP contribution is -2.32. The van der Waals surface area contributed by atoms with Crippen molar-refractivity contribution in [3.05, 3.63) is 24.0 Å². The molecule has 1 N–H and O–H groups in total. The summed E-state index contributed by atoms with van der Waals surface area (Å²) in [7, 11) is 0. The number of aromatic amines is 1. The van der Waals surface area contributed by atoms with Gasteiger partial charge in [0, 0.05) is 23.2 Å². The van der Waals surface area contributed by atoms with Crippen LogP contribution in [0, 0.1) is 0 Å². The van der Waals surface area contributed by atoms with Gasteiger partial charge in [-0.1, -0.05) is 13.8 Å². The minimum absolute atomic E-state index is 0.194. The monoisotopic (exact) mass is 252 g/mol. The Bertz CT molecular complexity index is 373. The Morgan fingerprint density at radius 2 is 2.35 bits per heavy atom. The SMILES string of the molecule is CC1(C)CCN(CC(=O)c2ccc[nH]2)CCS1. The fourth-order valence-electron chi connectivity index (χ4n) is 2.01. The topological polar surface area (TPSA) is 36.1 Å². The van der Waals surface area contributed by atoms with Gasteiger partial charge in [0.1, 0.15) is 0 Å². The van der Waals surface area contributed by atoms with Gasteiger partial charge in [-0.05, 0) is 25.1 Å². The zero-order valence-electron chi connectivity index (χ0n) is 10.5. The molecule has 0 amide bonds. The zero-order chi connectivity index (χ0) is 12.3. The van der Waals surface area contributed by atoms with E-state index in [0.29, 0.717) is 11.3 Å². The van der Waals surface area contributed by atoms with Crippen LogP contribution in [0.2, 0.25) is 0 Å². The minimum atomic E-state index is 0.194. The number of nitrogens with zero attached hydrogens (tertiary/aromatic N) is 1. The molecule has 2 rings (SSSR count). The fourth-order valence-corrected chi connectivity index (χ4v) is 3.15. The summed E-state index contributed by atoms with van der Waals surface area (Å²) in [4.78, 5) is 17.2. The number of aromatic nitrogens is 1. The molecule has 0 saturated carbocycles. The molecule has 1 aliphatic heterocycles. The lowest BCUT2D eigenvalue weighted by atomic mass is 10.1. The van der Waals surface area contributed by atoms with Crippen LogP contribution < -0.4 is 0 Å². The lowest BCUT2D eigenvalue weighted by Gasteiger charge is -2.22. The van der Waals surface area contributed by atoms with Gasteiger partial charge in [-0.3, -0.25) is 9.69 Å². The normalized spacial score (nSPS) is 21.1. The number of thioether (sulfide) groups is 1.